The van der Waals surface area contributed by atoms with Gasteiger partial charge < -0.3 is 5.73 Å². The number of likely N-dealkylation sites (tertiary alicyclic amines) is 1. The van der Waals surface area contributed by atoms with Crippen LogP contribution < -0.4 is 5.73 Å². The molecule has 1 spiro atoms. The van der Waals surface area contributed by atoms with Gasteiger partial charge in [-0.15, -0.1) is 0 Å². The molecule has 2 nitrogen and oxygen atoms in total. The molecule has 0 atom stereocenters. The average Bonchev–Trinajstić information content (AvgIpc) is 3.01. The molecular weight excluding hydrogens is 208 g/mol. The summed E-state index contributed by atoms with van der Waals surface area (Å²) in [4.78, 5) is 2.77. The maximum atomic E-state index is 6.10. The number of piperidine rings is 1. The van der Waals surface area contributed by atoms with Crippen molar-refractivity contribution in [3.63, 3.8) is 0 Å². The lowest BCUT2D eigenvalue weighted by Gasteiger charge is -2.48. The minimum Gasteiger partial charge on any atom is -0.329 e. The maximum Gasteiger partial charge on any atom is 0.0331 e. The van der Waals surface area contributed by atoms with Crippen LogP contribution in [0.1, 0.15) is 64.2 Å². The molecule has 98 valence electrons. The van der Waals surface area contributed by atoms with E-state index in [0.29, 0.717) is 5.54 Å². The van der Waals surface area contributed by atoms with Crippen molar-refractivity contribution in [3.8, 4) is 0 Å². The second kappa shape index (κ2) is 4.55. The Kier molecular flexibility index (Phi) is 3.20. The normalized spacial score (nSPS) is 32.3. The highest BCUT2D eigenvalue weighted by atomic mass is 15.2. The van der Waals surface area contributed by atoms with Gasteiger partial charge in [-0.1, -0.05) is 25.7 Å². The second-order valence-electron chi connectivity index (χ2n) is 6.83. The maximum absolute atomic E-state index is 6.10. The van der Waals surface area contributed by atoms with E-state index in [-0.39, 0.29) is 0 Å². The minimum absolute atomic E-state index is 0.403. The van der Waals surface area contributed by atoms with E-state index in [9.17, 15) is 0 Å². The number of nitrogens with zero attached hydrogens (tertiary/aromatic N) is 1. The van der Waals surface area contributed by atoms with Crippen LogP contribution in [0.25, 0.3) is 0 Å². The first-order valence-electron chi connectivity index (χ1n) is 7.74. The van der Waals surface area contributed by atoms with Crippen LogP contribution in [0.4, 0.5) is 0 Å². The summed E-state index contributed by atoms with van der Waals surface area (Å²) in [5, 5.41) is 0. The third kappa shape index (κ3) is 2.04. The number of hydrogen-bond donors (Lipinski definition) is 1. The summed E-state index contributed by atoms with van der Waals surface area (Å²) >= 11 is 0. The fourth-order valence-corrected chi connectivity index (χ4v) is 4.76. The topological polar surface area (TPSA) is 29.3 Å². The molecule has 2 heteroatoms. The Morgan fingerprint density at radius 3 is 1.82 bits per heavy atom. The zero-order chi connectivity index (χ0) is 11.8. The van der Waals surface area contributed by atoms with Crippen LogP contribution in [0.2, 0.25) is 0 Å². The Labute approximate surface area is 106 Å². The fraction of sp³-hybridized carbons (Fsp3) is 1.00. The Hall–Kier alpha value is -0.0800. The van der Waals surface area contributed by atoms with Crippen LogP contribution in [0, 0.1) is 5.41 Å². The molecule has 3 rings (SSSR count). The van der Waals surface area contributed by atoms with Crippen LogP contribution >= 0.6 is 0 Å². The minimum atomic E-state index is 0.403. The quantitative estimate of drug-likeness (QED) is 0.799. The van der Waals surface area contributed by atoms with Crippen molar-refractivity contribution in [2.45, 2.75) is 69.7 Å². The lowest BCUT2D eigenvalue weighted by Crippen LogP contribution is -2.55. The van der Waals surface area contributed by atoms with Crippen LogP contribution in [-0.2, 0) is 0 Å². The van der Waals surface area contributed by atoms with E-state index in [1.54, 1.807) is 0 Å². The Balaban J connectivity index is 1.64. The summed E-state index contributed by atoms with van der Waals surface area (Å²) in [5.74, 6) is 0. The van der Waals surface area contributed by atoms with Gasteiger partial charge in [0.2, 0.25) is 0 Å². The molecule has 0 aromatic rings. The largest absolute Gasteiger partial charge is 0.329 e. The summed E-state index contributed by atoms with van der Waals surface area (Å²) < 4.78 is 0. The Morgan fingerprint density at radius 1 is 0.765 bits per heavy atom. The summed E-state index contributed by atoms with van der Waals surface area (Å²) in [6.45, 7) is 3.55. The molecule has 0 bridgehead atoms. The predicted octanol–water partition coefficient (Wildman–Crippen LogP) is 2.91. The lowest BCUT2D eigenvalue weighted by atomic mass is 9.75. The van der Waals surface area contributed by atoms with E-state index in [1.165, 1.54) is 77.3 Å². The molecule has 0 aromatic heterocycles. The van der Waals surface area contributed by atoms with Crippen molar-refractivity contribution in [2.75, 3.05) is 19.6 Å². The van der Waals surface area contributed by atoms with Gasteiger partial charge in [0.1, 0.15) is 0 Å². The van der Waals surface area contributed by atoms with Gasteiger partial charge in [-0.2, -0.15) is 0 Å². The summed E-state index contributed by atoms with van der Waals surface area (Å²) in [6.07, 6.45) is 14.4. The highest BCUT2D eigenvalue weighted by Crippen LogP contribution is 2.48. The molecule has 2 N–H and O–H groups in total. The smallest absolute Gasteiger partial charge is 0.0331 e. The number of hydrogen-bond acceptors (Lipinski definition) is 2. The van der Waals surface area contributed by atoms with E-state index in [1.807, 2.05) is 0 Å². The lowest BCUT2D eigenvalue weighted by molar-refractivity contribution is 0.0251. The van der Waals surface area contributed by atoms with Gasteiger partial charge in [0.25, 0.3) is 0 Å². The molecule has 0 amide bonds. The van der Waals surface area contributed by atoms with E-state index in [0.717, 1.165) is 12.0 Å². The van der Waals surface area contributed by atoms with E-state index < -0.39 is 0 Å². The highest BCUT2D eigenvalue weighted by molar-refractivity contribution is 5.00. The van der Waals surface area contributed by atoms with Gasteiger partial charge in [-0.3, -0.25) is 4.90 Å². The highest BCUT2D eigenvalue weighted by Gasteiger charge is 2.44. The molecule has 2 aliphatic carbocycles. The van der Waals surface area contributed by atoms with Gasteiger partial charge >= 0.3 is 0 Å². The number of nitrogens with two attached hydrogens (primary N) is 1. The van der Waals surface area contributed by atoms with Gasteiger partial charge in [0.05, 0.1) is 0 Å². The molecule has 3 fully saturated rings. The molecular formula is C15H28N2. The van der Waals surface area contributed by atoms with Crippen molar-refractivity contribution in [1.29, 1.82) is 0 Å². The van der Waals surface area contributed by atoms with E-state index >= 15 is 0 Å². The van der Waals surface area contributed by atoms with Gasteiger partial charge in [-0.25, -0.2) is 0 Å². The Bertz CT molecular complexity index is 252. The third-order valence-electron chi connectivity index (χ3n) is 6.07. The SMILES string of the molecule is NCC1(N2CCC3(CCCC3)CC2)CCCC1. The third-order valence-corrected chi connectivity index (χ3v) is 6.07. The fourth-order valence-electron chi connectivity index (χ4n) is 4.76. The average molecular weight is 236 g/mol. The van der Waals surface area contributed by atoms with E-state index in [4.69, 9.17) is 5.73 Å². The first-order valence-corrected chi connectivity index (χ1v) is 7.74. The second-order valence-corrected chi connectivity index (χ2v) is 6.83. The standard InChI is InChI=1S/C15H28N2/c16-13-15(7-3-4-8-15)17-11-9-14(10-12-17)5-1-2-6-14/h1-13,16H2. The first kappa shape index (κ1) is 12.0. The first-order chi connectivity index (χ1) is 8.29. The zero-order valence-corrected chi connectivity index (χ0v) is 11.2. The molecule has 1 saturated heterocycles. The van der Waals surface area contributed by atoms with Crippen molar-refractivity contribution in [1.82, 2.24) is 4.90 Å². The molecule has 3 aliphatic rings. The predicted molar refractivity (Wildman–Crippen MR) is 72.0 cm³/mol. The van der Waals surface area contributed by atoms with Crippen LogP contribution in [-0.4, -0.2) is 30.1 Å². The van der Waals surface area contributed by atoms with E-state index in [2.05, 4.69) is 4.90 Å². The van der Waals surface area contributed by atoms with Gasteiger partial charge in [0, 0.05) is 12.1 Å². The molecule has 0 radical (unpaired) electrons. The van der Waals surface area contributed by atoms with Crippen LogP contribution in [0.5, 0.6) is 0 Å². The molecule has 0 aromatic carbocycles. The van der Waals surface area contributed by atoms with Crippen molar-refractivity contribution in [3.05, 3.63) is 0 Å². The summed E-state index contributed by atoms with van der Waals surface area (Å²) in [6, 6.07) is 0. The molecule has 0 unspecified atom stereocenters. The molecule has 1 heterocycles. The zero-order valence-electron chi connectivity index (χ0n) is 11.2. The Morgan fingerprint density at radius 2 is 1.29 bits per heavy atom. The molecule has 17 heavy (non-hydrogen) atoms. The van der Waals surface area contributed by atoms with Crippen LogP contribution in [0.3, 0.4) is 0 Å². The van der Waals surface area contributed by atoms with Crippen molar-refractivity contribution in [2.24, 2.45) is 11.1 Å². The number of rotatable bonds is 2. The monoisotopic (exact) mass is 236 g/mol. The van der Waals surface area contributed by atoms with Gasteiger partial charge in [-0.05, 0) is 57.0 Å². The summed E-state index contributed by atoms with van der Waals surface area (Å²) in [7, 11) is 0. The van der Waals surface area contributed by atoms with Gasteiger partial charge in [0.15, 0.2) is 0 Å². The molecule has 1 aliphatic heterocycles. The summed E-state index contributed by atoms with van der Waals surface area (Å²) in [5.41, 5.74) is 7.26. The van der Waals surface area contributed by atoms with Crippen molar-refractivity contribution >= 4 is 0 Å². The van der Waals surface area contributed by atoms with Crippen LogP contribution in [0.15, 0.2) is 0 Å². The van der Waals surface area contributed by atoms with Crippen molar-refractivity contribution < 1.29 is 0 Å². The molecule has 2 saturated carbocycles.